The van der Waals surface area contributed by atoms with Gasteiger partial charge in [0.05, 0.1) is 25.7 Å². The number of nitrogens with zero attached hydrogens (tertiary/aromatic N) is 1. The second-order valence-corrected chi connectivity index (χ2v) is 10.8. The Kier molecular flexibility index (Phi) is 8.24. The highest BCUT2D eigenvalue weighted by Gasteiger charge is 2.34. The Bertz CT molecular complexity index is 1330. The first-order valence-corrected chi connectivity index (χ1v) is 13.8. The van der Waals surface area contributed by atoms with Gasteiger partial charge in [-0.1, -0.05) is 24.3 Å². The van der Waals surface area contributed by atoms with Gasteiger partial charge in [0.15, 0.2) is 0 Å². The summed E-state index contributed by atoms with van der Waals surface area (Å²) in [6.45, 7) is 2.05. The molecule has 1 aliphatic heterocycles. The van der Waals surface area contributed by atoms with E-state index in [-0.39, 0.29) is 12.3 Å². The number of piperidine rings is 1. The van der Waals surface area contributed by atoms with Crippen molar-refractivity contribution in [3.63, 3.8) is 0 Å². The quantitative estimate of drug-likeness (QED) is 0.280. The van der Waals surface area contributed by atoms with Crippen LogP contribution in [0.25, 0.3) is 11.1 Å². The molecule has 0 spiro atoms. The number of rotatable bonds is 10. The summed E-state index contributed by atoms with van der Waals surface area (Å²) in [6, 6.07) is 18.8. The molecule has 2 fully saturated rings. The van der Waals surface area contributed by atoms with Crippen molar-refractivity contribution in [2.24, 2.45) is 11.8 Å². The van der Waals surface area contributed by atoms with E-state index in [4.69, 9.17) is 9.47 Å². The van der Waals surface area contributed by atoms with E-state index in [1.807, 2.05) is 36.4 Å². The summed E-state index contributed by atoms with van der Waals surface area (Å²) >= 11 is 0. The molecular weight excluding hydrogens is 519 g/mol. The van der Waals surface area contributed by atoms with E-state index in [9.17, 15) is 23.1 Å². The fourth-order valence-corrected chi connectivity index (χ4v) is 5.64. The van der Waals surface area contributed by atoms with Crippen molar-refractivity contribution in [3.8, 4) is 22.6 Å². The lowest BCUT2D eigenvalue weighted by atomic mass is 9.91. The largest absolute Gasteiger partial charge is 0.497 e. The van der Waals surface area contributed by atoms with Crippen LogP contribution in [0.5, 0.6) is 11.5 Å². The zero-order valence-corrected chi connectivity index (χ0v) is 22.5. The van der Waals surface area contributed by atoms with Gasteiger partial charge in [-0.05, 0) is 91.0 Å². The summed E-state index contributed by atoms with van der Waals surface area (Å²) in [6.07, 6.45) is -0.366. The maximum Gasteiger partial charge on any atom is 0.416 e. The Morgan fingerprint density at radius 3 is 2.40 bits per heavy atom. The van der Waals surface area contributed by atoms with Gasteiger partial charge >= 0.3 is 12.1 Å². The Hall–Kier alpha value is -3.68. The summed E-state index contributed by atoms with van der Waals surface area (Å²) in [5, 5.41) is 9.34. The van der Waals surface area contributed by atoms with Crippen molar-refractivity contribution in [2.75, 3.05) is 31.7 Å². The van der Waals surface area contributed by atoms with Crippen LogP contribution in [0.1, 0.15) is 49.1 Å². The fourth-order valence-electron chi connectivity index (χ4n) is 5.64. The van der Waals surface area contributed by atoms with Crippen molar-refractivity contribution in [1.29, 1.82) is 0 Å². The Morgan fingerprint density at radius 2 is 1.73 bits per heavy atom. The first-order chi connectivity index (χ1) is 19.2. The van der Waals surface area contributed by atoms with Crippen LogP contribution in [0.3, 0.4) is 0 Å². The van der Waals surface area contributed by atoms with Crippen molar-refractivity contribution >= 4 is 11.7 Å². The van der Waals surface area contributed by atoms with Gasteiger partial charge < -0.3 is 19.5 Å². The second-order valence-electron chi connectivity index (χ2n) is 10.8. The number of alkyl halides is 3. The number of hydrogen-bond acceptors (Lipinski definition) is 4. The van der Waals surface area contributed by atoms with Gasteiger partial charge in [0.1, 0.15) is 11.5 Å². The number of aliphatic carboxylic acids is 1. The molecule has 2 aliphatic rings. The van der Waals surface area contributed by atoms with Crippen molar-refractivity contribution < 1.29 is 32.5 Å². The zero-order valence-electron chi connectivity index (χ0n) is 22.5. The third-order valence-electron chi connectivity index (χ3n) is 8.02. The standard InChI is InChI=1S/C32H34F3NO4/c1-39-26-10-11-28(23-4-2-6-25(16-23)32(33,34)35)30(18-26)36-14-12-21(13-15-36)20-40-27-7-3-5-24(17-27)29(19-31(37)38)22-8-9-22/h2-7,10-11,16-18,21-22,29H,8-9,12-15,19-20H2,1H3,(H,37,38). The fraction of sp³-hybridized carbons (Fsp3) is 0.406. The highest BCUT2D eigenvalue weighted by atomic mass is 19.4. The molecule has 1 saturated carbocycles. The van der Waals surface area contributed by atoms with Crippen LogP contribution in [0, 0.1) is 11.8 Å². The number of carbonyl (C=O) groups is 1. The maximum absolute atomic E-state index is 13.4. The summed E-state index contributed by atoms with van der Waals surface area (Å²) in [5.74, 6) is 1.44. The number of carboxylic acid groups (broad SMARTS) is 1. The lowest BCUT2D eigenvalue weighted by Crippen LogP contribution is -2.35. The molecule has 8 heteroatoms. The molecule has 1 unspecified atom stereocenters. The van der Waals surface area contributed by atoms with Gasteiger partial charge in [0, 0.05) is 30.4 Å². The van der Waals surface area contributed by atoms with Crippen molar-refractivity contribution in [2.45, 2.75) is 44.2 Å². The number of hydrogen-bond donors (Lipinski definition) is 1. The second kappa shape index (κ2) is 11.8. The predicted octanol–water partition coefficient (Wildman–Crippen LogP) is 7.64. The summed E-state index contributed by atoms with van der Waals surface area (Å²) in [4.78, 5) is 13.6. The van der Waals surface area contributed by atoms with Gasteiger partial charge in [-0.25, -0.2) is 0 Å². The molecule has 0 bridgehead atoms. The van der Waals surface area contributed by atoms with Crippen molar-refractivity contribution in [3.05, 3.63) is 77.9 Å². The minimum absolute atomic E-state index is 0.0261. The summed E-state index contributed by atoms with van der Waals surface area (Å²) in [7, 11) is 1.58. The molecule has 5 rings (SSSR count). The molecule has 3 aromatic rings. The molecule has 1 N–H and O–H groups in total. The normalized spacial score (nSPS) is 16.9. The zero-order chi connectivity index (χ0) is 28.3. The van der Waals surface area contributed by atoms with Crippen LogP contribution < -0.4 is 14.4 Å². The molecule has 3 aromatic carbocycles. The number of carboxylic acids is 1. The molecule has 0 amide bonds. The van der Waals surface area contributed by atoms with Crippen molar-refractivity contribution in [1.82, 2.24) is 0 Å². The van der Waals surface area contributed by atoms with Crippen LogP contribution in [-0.2, 0) is 11.0 Å². The summed E-state index contributed by atoms with van der Waals surface area (Å²) in [5.41, 5.74) is 2.47. The number of benzene rings is 3. The third-order valence-corrected chi connectivity index (χ3v) is 8.02. The van der Waals surface area contributed by atoms with E-state index in [1.54, 1.807) is 19.2 Å². The molecule has 1 saturated heterocycles. The topological polar surface area (TPSA) is 59.0 Å². The first kappa shape index (κ1) is 27.9. The van der Waals surface area contributed by atoms with Gasteiger partial charge in [-0.15, -0.1) is 0 Å². The predicted molar refractivity (Wildman–Crippen MR) is 148 cm³/mol. The van der Waals surface area contributed by atoms with E-state index < -0.39 is 17.7 Å². The highest BCUT2D eigenvalue weighted by molar-refractivity contribution is 5.80. The molecule has 40 heavy (non-hydrogen) atoms. The number of anilines is 1. The number of halogens is 3. The number of methoxy groups -OCH3 is 1. The van der Waals surface area contributed by atoms with Crippen LogP contribution in [0.4, 0.5) is 18.9 Å². The van der Waals surface area contributed by atoms with E-state index in [0.29, 0.717) is 29.8 Å². The third kappa shape index (κ3) is 6.72. The van der Waals surface area contributed by atoms with E-state index in [2.05, 4.69) is 4.90 Å². The van der Waals surface area contributed by atoms with Gasteiger partial charge in [-0.2, -0.15) is 13.2 Å². The van der Waals surface area contributed by atoms with E-state index in [1.165, 1.54) is 12.1 Å². The van der Waals surface area contributed by atoms with Crippen LogP contribution in [0.15, 0.2) is 66.7 Å². The average molecular weight is 554 g/mol. The Balaban J connectivity index is 1.24. The van der Waals surface area contributed by atoms with Crippen LogP contribution >= 0.6 is 0 Å². The molecule has 0 radical (unpaired) electrons. The van der Waals surface area contributed by atoms with Gasteiger partial charge in [0.25, 0.3) is 0 Å². The monoisotopic (exact) mass is 553 g/mol. The molecule has 1 heterocycles. The van der Waals surface area contributed by atoms with Crippen LogP contribution in [-0.4, -0.2) is 37.9 Å². The van der Waals surface area contributed by atoms with Crippen LogP contribution in [0.2, 0.25) is 0 Å². The minimum atomic E-state index is -4.41. The SMILES string of the molecule is COc1ccc(-c2cccc(C(F)(F)F)c2)c(N2CCC(COc3cccc(C(CC(=O)O)C4CC4)c3)CC2)c1. The Morgan fingerprint density at radius 1 is 0.975 bits per heavy atom. The van der Waals surface area contributed by atoms with E-state index in [0.717, 1.165) is 67.4 Å². The lowest BCUT2D eigenvalue weighted by molar-refractivity contribution is -0.138. The minimum Gasteiger partial charge on any atom is -0.497 e. The van der Waals surface area contributed by atoms with Gasteiger partial charge in [-0.3, -0.25) is 4.79 Å². The van der Waals surface area contributed by atoms with Gasteiger partial charge in [0.2, 0.25) is 0 Å². The molecule has 1 atom stereocenters. The molecule has 0 aromatic heterocycles. The first-order valence-electron chi connectivity index (χ1n) is 13.8. The Labute approximate surface area is 232 Å². The molecule has 212 valence electrons. The maximum atomic E-state index is 13.4. The highest BCUT2D eigenvalue weighted by Crippen LogP contribution is 2.45. The summed E-state index contributed by atoms with van der Waals surface area (Å²) < 4.78 is 51.7. The molecule has 1 aliphatic carbocycles. The number of ether oxygens (including phenoxy) is 2. The smallest absolute Gasteiger partial charge is 0.416 e. The van der Waals surface area contributed by atoms with E-state index >= 15 is 0 Å². The molecule has 5 nitrogen and oxygen atoms in total. The lowest BCUT2D eigenvalue weighted by Gasteiger charge is -2.35. The molecular formula is C32H34F3NO4. The average Bonchev–Trinajstić information content (AvgIpc) is 3.80.